The number of aromatic nitrogens is 3. The highest BCUT2D eigenvalue weighted by atomic mass is 16.6. The number of nitrogens with zero attached hydrogens (tertiary/aromatic N) is 6. The number of benzene rings is 1. The summed E-state index contributed by atoms with van der Waals surface area (Å²) in [6, 6.07) is 6.38. The standard InChI is InChI=1S/C16H18N6O2/c1-10(2)15-18-19-16-11(3)20(6-7-21(15)16)13-5-4-12(9-17)8-14(13)22(23)24/h4-5,8,10-11H,6-7H2,1-3H3. The number of fused-ring (bicyclic) bond motifs is 1. The summed E-state index contributed by atoms with van der Waals surface area (Å²) in [5.41, 5.74) is 0.727. The molecular weight excluding hydrogens is 308 g/mol. The van der Waals surface area contributed by atoms with Crippen molar-refractivity contribution in [3.05, 3.63) is 45.5 Å². The number of anilines is 1. The maximum Gasteiger partial charge on any atom is 0.293 e. The van der Waals surface area contributed by atoms with Gasteiger partial charge >= 0.3 is 0 Å². The van der Waals surface area contributed by atoms with Gasteiger partial charge in [-0.15, -0.1) is 10.2 Å². The zero-order chi connectivity index (χ0) is 17.4. The van der Waals surface area contributed by atoms with E-state index in [0.717, 1.165) is 11.6 Å². The molecule has 8 nitrogen and oxygen atoms in total. The van der Waals surface area contributed by atoms with Crippen LogP contribution in [0.2, 0.25) is 0 Å². The van der Waals surface area contributed by atoms with E-state index in [4.69, 9.17) is 5.26 Å². The van der Waals surface area contributed by atoms with E-state index in [1.807, 2.05) is 17.9 Å². The first-order chi connectivity index (χ1) is 11.4. The summed E-state index contributed by atoms with van der Waals surface area (Å²) in [4.78, 5) is 12.9. The highest BCUT2D eigenvalue weighted by Gasteiger charge is 2.32. The summed E-state index contributed by atoms with van der Waals surface area (Å²) in [7, 11) is 0. The van der Waals surface area contributed by atoms with Crippen molar-refractivity contribution >= 4 is 11.4 Å². The quantitative estimate of drug-likeness (QED) is 0.635. The molecule has 2 aromatic rings. The molecule has 0 radical (unpaired) electrons. The molecule has 124 valence electrons. The van der Waals surface area contributed by atoms with E-state index in [1.54, 1.807) is 12.1 Å². The molecule has 0 bridgehead atoms. The van der Waals surface area contributed by atoms with Gasteiger partial charge in [0, 0.05) is 25.1 Å². The fourth-order valence-corrected chi connectivity index (χ4v) is 3.15. The molecule has 2 heterocycles. The normalized spacial score (nSPS) is 16.8. The van der Waals surface area contributed by atoms with Gasteiger partial charge in [0.05, 0.1) is 22.6 Å². The molecule has 8 heteroatoms. The second-order valence-corrected chi connectivity index (χ2v) is 6.16. The van der Waals surface area contributed by atoms with Crippen LogP contribution in [-0.4, -0.2) is 26.2 Å². The molecule has 3 rings (SSSR count). The molecule has 0 saturated heterocycles. The van der Waals surface area contributed by atoms with Crippen molar-refractivity contribution in [1.82, 2.24) is 14.8 Å². The van der Waals surface area contributed by atoms with Crippen molar-refractivity contribution in [3.8, 4) is 6.07 Å². The molecule has 1 aromatic heterocycles. The topological polar surface area (TPSA) is 101 Å². The molecule has 0 spiro atoms. The van der Waals surface area contributed by atoms with Crippen LogP contribution in [0.25, 0.3) is 0 Å². The van der Waals surface area contributed by atoms with E-state index >= 15 is 0 Å². The second kappa shape index (κ2) is 5.92. The molecule has 0 amide bonds. The molecule has 1 unspecified atom stereocenters. The lowest BCUT2D eigenvalue weighted by Gasteiger charge is -2.35. The van der Waals surface area contributed by atoms with Crippen molar-refractivity contribution in [3.63, 3.8) is 0 Å². The fourth-order valence-electron chi connectivity index (χ4n) is 3.15. The Kier molecular flexibility index (Phi) is 3.93. The van der Waals surface area contributed by atoms with E-state index in [2.05, 4.69) is 28.6 Å². The Labute approximate surface area is 139 Å². The van der Waals surface area contributed by atoms with E-state index in [0.29, 0.717) is 18.8 Å². The third-order valence-corrected chi connectivity index (χ3v) is 4.34. The predicted molar refractivity (Wildman–Crippen MR) is 87.7 cm³/mol. The smallest absolute Gasteiger partial charge is 0.293 e. The Balaban J connectivity index is 2.03. The van der Waals surface area contributed by atoms with Crippen molar-refractivity contribution in [1.29, 1.82) is 5.26 Å². The lowest BCUT2D eigenvalue weighted by molar-refractivity contribution is -0.384. The van der Waals surface area contributed by atoms with Crippen molar-refractivity contribution in [2.24, 2.45) is 0 Å². The Morgan fingerprint density at radius 1 is 1.38 bits per heavy atom. The van der Waals surface area contributed by atoms with Gasteiger partial charge in [-0.2, -0.15) is 5.26 Å². The molecule has 0 saturated carbocycles. The van der Waals surface area contributed by atoms with Gasteiger partial charge in [-0.25, -0.2) is 0 Å². The first-order valence-corrected chi connectivity index (χ1v) is 7.82. The Bertz CT molecular complexity index is 836. The third-order valence-electron chi connectivity index (χ3n) is 4.34. The van der Waals surface area contributed by atoms with Crippen LogP contribution in [0.15, 0.2) is 18.2 Å². The van der Waals surface area contributed by atoms with Gasteiger partial charge in [0.15, 0.2) is 5.82 Å². The Morgan fingerprint density at radius 3 is 2.75 bits per heavy atom. The van der Waals surface area contributed by atoms with Gasteiger partial charge < -0.3 is 9.47 Å². The van der Waals surface area contributed by atoms with E-state index in [1.165, 1.54) is 6.07 Å². The molecule has 0 fully saturated rings. The number of nitro benzene ring substituents is 1. The first-order valence-electron chi connectivity index (χ1n) is 7.82. The van der Waals surface area contributed by atoms with E-state index in [-0.39, 0.29) is 23.2 Å². The summed E-state index contributed by atoms with van der Waals surface area (Å²) >= 11 is 0. The van der Waals surface area contributed by atoms with Gasteiger partial charge in [0.1, 0.15) is 11.5 Å². The Morgan fingerprint density at radius 2 is 2.12 bits per heavy atom. The summed E-state index contributed by atoms with van der Waals surface area (Å²) < 4.78 is 2.10. The average molecular weight is 326 g/mol. The van der Waals surface area contributed by atoms with Gasteiger partial charge in [-0.3, -0.25) is 10.1 Å². The predicted octanol–water partition coefficient (Wildman–Crippen LogP) is 2.76. The van der Waals surface area contributed by atoms with Crippen LogP contribution >= 0.6 is 0 Å². The summed E-state index contributed by atoms with van der Waals surface area (Å²) in [5.74, 6) is 2.02. The van der Waals surface area contributed by atoms with Crippen molar-refractivity contribution in [2.45, 2.75) is 39.3 Å². The zero-order valence-electron chi connectivity index (χ0n) is 13.8. The third kappa shape index (κ3) is 2.48. The van der Waals surface area contributed by atoms with Crippen molar-refractivity contribution in [2.75, 3.05) is 11.4 Å². The number of nitro groups is 1. The maximum atomic E-state index is 11.4. The minimum absolute atomic E-state index is 0.0575. The lowest BCUT2D eigenvalue weighted by Crippen LogP contribution is -2.38. The molecule has 1 aliphatic heterocycles. The molecule has 0 aliphatic carbocycles. The second-order valence-electron chi connectivity index (χ2n) is 6.16. The Hall–Kier alpha value is -2.95. The summed E-state index contributed by atoms with van der Waals surface area (Å²) in [6.45, 7) is 7.40. The molecule has 1 atom stereocenters. The maximum absolute atomic E-state index is 11.4. The summed E-state index contributed by atoms with van der Waals surface area (Å²) in [6.07, 6.45) is 0. The van der Waals surface area contributed by atoms with Crippen molar-refractivity contribution < 1.29 is 4.92 Å². The van der Waals surface area contributed by atoms with E-state index < -0.39 is 4.92 Å². The molecule has 24 heavy (non-hydrogen) atoms. The highest BCUT2D eigenvalue weighted by molar-refractivity contribution is 5.66. The lowest BCUT2D eigenvalue weighted by atomic mass is 10.1. The largest absolute Gasteiger partial charge is 0.354 e. The zero-order valence-corrected chi connectivity index (χ0v) is 13.8. The molecule has 1 aromatic carbocycles. The molecular formula is C16H18N6O2. The van der Waals surface area contributed by atoms with Gasteiger partial charge in [0.2, 0.25) is 0 Å². The minimum atomic E-state index is -0.443. The monoisotopic (exact) mass is 326 g/mol. The number of hydrogen-bond donors (Lipinski definition) is 0. The minimum Gasteiger partial charge on any atom is -0.354 e. The van der Waals surface area contributed by atoms with E-state index in [9.17, 15) is 10.1 Å². The van der Waals surface area contributed by atoms with Crippen LogP contribution in [0, 0.1) is 21.4 Å². The number of hydrogen-bond acceptors (Lipinski definition) is 6. The molecule has 1 aliphatic rings. The van der Waals surface area contributed by atoms with Crippen LogP contribution in [0.4, 0.5) is 11.4 Å². The van der Waals surface area contributed by atoms with Crippen LogP contribution in [0.1, 0.15) is 49.9 Å². The van der Waals surface area contributed by atoms with Gasteiger partial charge in [-0.05, 0) is 19.1 Å². The number of rotatable bonds is 3. The van der Waals surface area contributed by atoms with Crippen LogP contribution in [-0.2, 0) is 6.54 Å². The van der Waals surface area contributed by atoms with Gasteiger partial charge in [0.25, 0.3) is 5.69 Å². The SMILES string of the molecule is CC(C)c1nnc2n1CCN(c1ccc(C#N)cc1[N+](=O)[O-])C2C. The fraction of sp³-hybridized carbons (Fsp3) is 0.438. The van der Waals surface area contributed by atoms with Crippen LogP contribution in [0.5, 0.6) is 0 Å². The van der Waals surface area contributed by atoms with Crippen LogP contribution in [0.3, 0.4) is 0 Å². The number of nitriles is 1. The summed E-state index contributed by atoms with van der Waals surface area (Å²) in [5, 5.41) is 29.0. The van der Waals surface area contributed by atoms with Gasteiger partial charge in [-0.1, -0.05) is 13.8 Å². The molecule has 0 N–H and O–H groups in total. The highest BCUT2D eigenvalue weighted by Crippen LogP contribution is 2.36. The van der Waals surface area contributed by atoms with Crippen LogP contribution < -0.4 is 4.90 Å². The first kappa shape index (κ1) is 15.9. The average Bonchev–Trinajstić information content (AvgIpc) is 3.00.